The average molecular weight is 553 g/mol. The fourth-order valence-electron chi connectivity index (χ4n) is 4.56. The van der Waals surface area contributed by atoms with E-state index in [1.807, 2.05) is 12.1 Å². The zero-order valence-corrected chi connectivity index (χ0v) is 24.0. The first-order valence-corrected chi connectivity index (χ1v) is 14.7. The highest BCUT2D eigenvalue weighted by atomic mass is 32.2. The van der Waals surface area contributed by atoms with E-state index in [0.717, 1.165) is 24.8 Å². The Bertz CT molecular complexity index is 1350. The molecule has 3 N–H and O–H groups in total. The summed E-state index contributed by atoms with van der Waals surface area (Å²) >= 11 is 0. The summed E-state index contributed by atoms with van der Waals surface area (Å²) in [6.45, 7) is 6.55. The Kier molecular flexibility index (Phi) is 10.4. The van der Waals surface area contributed by atoms with Crippen LogP contribution in [0.15, 0.2) is 77.7 Å². The molecule has 0 spiro atoms. The third-order valence-corrected chi connectivity index (χ3v) is 8.80. The number of aliphatic carboxylic acids is 1. The van der Waals surface area contributed by atoms with Crippen molar-refractivity contribution in [1.29, 1.82) is 0 Å². The molecule has 0 aromatic heterocycles. The zero-order valence-electron chi connectivity index (χ0n) is 23.2. The van der Waals surface area contributed by atoms with Crippen molar-refractivity contribution in [2.45, 2.75) is 63.0 Å². The molecule has 3 rings (SSSR count). The van der Waals surface area contributed by atoms with Crippen molar-refractivity contribution in [3.63, 3.8) is 0 Å². The van der Waals surface area contributed by atoms with E-state index in [1.165, 1.54) is 28.5 Å². The van der Waals surface area contributed by atoms with Gasteiger partial charge in [0.05, 0.1) is 17.4 Å². The van der Waals surface area contributed by atoms with Gasteiger partial charge in [0.1, 0.15) is 0 Å². The standard InChI is InChI=1S/C31H40N2O5S/c1-23-9-5-6-10-25(23)12-8-18-31(2,3)32-21-28(34)22-33(4)39(37,38)29-13-7-11-27(20-29)26-16-14-24(15-17-26)19-30(35)36/h5-7,9-11,13-17,20,28,32,34H,8,12,18-19,21-22H2,1-4H3,(H,35,36). The molecule has 0 bridgehead atoms. The molecule has 0 saturated carbocycles. The van der Waals surface area contributed by atoms with E-state index >= 15 is 0 Å². The minimum Gasteiger partial charge on any atom is -0.481 e. The largest absolute Gasteiger partial charge is 0.481 e. The SMILES string of the molecule is Cc1ccccc1CCCC(C)(C)NCC(O)CN(C)S(=O)(=O)c1cccc(-c2ccc(CC(=O)O)cc2)c1. The third kappa shape index (κ3) is 9.00. The van der Waals surface area contributed by atoms with E-state index in [2.05, 4.69) is 44.3 Å². The van der Waals surface area contributed by atoms with Crippen LogP contribution in [-0.4, -0.2) is 60.7 Å². The molecule has 3 aromatic carbocycles. The van der Waals surface area contributed by atoms with Crippen LogP contribution in [0.1, 0.15) is 43.4 Å². The van der Waals surface area contributed by atoms with Gasteiger partial charge in [-0.05, 0) is 80.0 Å². The maximum atomic E-state index is 13.3. The van der Waals surface area contributed by atoms with Crippen molar-refractivity contribution in [1.82, 2.24) is 9.62 Å². The molecule has 3 aromatic rings. The van der Waals surface area contributed by atoms with Gasteiger partial charge in [-0.1, -0.05) is 60.7 Å². The Labute approximate surface area is 232 Å². The van der Waals surface area contributed by atoms with E-state index < -0.39 is 22.1 Å². The van der Waals surface area contributed by atoms with Gasteiger partial charge in [0.25, 0.3) is 0 Å². The Hall–Kier alpha value is -3.04. The Morgan fingerprint density at radius 2 is 1.69 bits per heavy atom. The highest BCUT2D eigenvalue weighted by Gasteiger charge is 2.25. The third-order valence-electron chi connectivity index (χ3n) is 6.98. The lowest BCUT2D eigenvalue weighted by Crippen LogP contribution is -2.46. The molecule has 0 aliphatic carbocycles. The average Bonchev–Trinajstić information content (AvgIpc) is 2.89. The van der Waals surface area contributed by atoms with Crippen molar-refractivity contribution in [2.24, 2.45) is 0 Å². The normalized spacial score (nSPS) is 13.0. The van der Waals surface area contributed by atoms with Crippen molar-refractivity contribution < 1.29 is 23.4 Å². The summed E-state index contributed by atoms with van der Waals surface area (Å²) in [4.78, 5) is 11.0. The van der Waals surface area contributed by atoms with Crippen LogP contribution in [0, 0.1) is 6.92 Å². The number of carboxylic acids is 1. The molecular weight excluding hydrogens is 512 g/mol. The highest BCUT2D eigenvalue weighted by Crippen LogP contribution is 2.25. The number of aryl methyl sites for hydroxylation is 2. The number of carboxylic acid groups (broad SMARTS) is 1. The van der Waals surface area contributed by atoms with Gasteiger partial charge in [-0.15, -0.1) is 0 Å². The van der Waals surface area contributed by atoms with Gasteiger partial charge in [-0.3, -0.25) is 4.79 Å². The lowest BCUT2D eigenvalue weighted by atomic mass is 9.94. The minimum absolute atomic E-state index is 0.0390. The second-order valence-electron chi connectivity index (χ2n) is 10.8. The van der Waals surface area contributed by atoms with Gasteiger partial charge in [0.15, 0.2) is 0 Å². The molecule has 0 aliphatic rings. The van der Waals surface area contributed by atoms with Crippen LogP contribution in [0.2, 0.25) is 0 Å². The number of hydrogen-bond acceptors (Lipinski definition) is 5. The minimum atomic E-state index is -3.82. The summed E-state index contributed by atoms with van der Waals surface area (Å²) in [5.74, 6) is -0.905. The number of carbonyl (C=O) groups is 1. The van der Waals surface area contributed by atoms with Crippen LogP contribution in [0.3, 0.4) is 0 Å². The molecular formula is C31H40N2O5S. The molecule has 0 saturated heterocycles. The number of sulfonamides is 1. The topological polar surface area (TPSA) is 107 Å². The summed E-state index contributed by atoms with van der Waals surface area (Å²) in [5, 5.41) is 23.0. The first kappa shape index (κ1) is 30.5. The number of rotatable bonds is 14. The number of aliphatic hydroxyl groups is 1. The predicted molar refractivity (Wildman–Crippen MR) is 155 cm³/mol. The van der Waals surface area contributed by atoms with Gasteiger partial charge >= 0.3 is 5.97 Å². The van der Waals surface area contributed by atoms with Gasteiger partial charge in [0.2, 0.25) is 10.0 Å². The van der Waals surface area contributed by atoms with Gasteiger partial charge in [-0.2, -0.15) is 4.31 Å². The Balaban J connectivity index is 1.55. The van der Waals surface area contributed by atoms with E-state index in [1.54, 1.807) is 36.4 Å². The highest BCUT2D eigenvalue weighted by molar-refractivity contribution is 7.89. The Morgan fingerprint density at radius 3 is 2.36 bits per heavy atom. The quantitative estimate of drug-likeness (QED) is 0.269. The molecule has 0 radical (unpaired) electrons. The van der Waals surface area contributed by atoms with Crippen LogP contribution < -0.4 is 5.32 Å². The molecule has 210 valence electrons. The molecule has 0 aliphatic heterocycles. The van der Waals surface area contributed by atoms with E-state index in [0.29, 0.717) is 11.1 Å². The second kappa shape index (κ2) is 13.3. The number of aliphatic hydroxyl groups excluding tert-OH is 1. The molecule has 1 atom stereocenters. The fourth-order valence-corrected chi connectivity index (χ4v) is 5.81. The van der Waals surface area contributed by atoms with E-state index in [9.17, 15) is 18.3 Å². The van der Waals surface area contributed by atoms with E-state index in [-0.39, 0.29) is 29.9 Å². The summed E-state index contributed by atoms with van der Waals surface area (Å²) in [7, 11) is -2.35. The molecule has 0 heterocycles. The van der Waals surface area contributed by atoms with Crippen molar-refractivity contribution in [2.75, 3.05) is 20.1 Å². The fraction of sp³-hybridized carbons (Fsp3) is 0.387. The maximum Gasteiger partial charge on any atom is 0.307 e. The summed E-state index contributed by atoms with van der Waals surface area (Å²) in [6.07, 6.45) is 1.99. The van der Waals surface area contributed by atoms with Gasteiger partial charge < -0.3 is 15.5 Å². The Morgan fingerprint density at radius 1 is 1.00 bits per heavy atom. The molecule has 1 unspecified atom stereocenters. The second-order valence-corrected chi connectivity index (χ2v) is 12.8. The van der Waals surface area contributed by atoms with Crippen LogP contribution >= 0.6 is 0 Å². The van der Waals surface area contributed by atoms with Crippen LogP contribution in [0.25, 0.3) is 11.1 Å². The first-order chi connectivity index (χ1) is 18.4. The first-order valence-electron chi connectivity index (χ1n) is 13.2. The number of nitrogens with one attached hydrogen (secondary N) is 1. The van der Waals surface area contributed by atoms with Crippen molar-refractivity contribution in [3.05, 3.63) is 89.5 Å². The van der Waals surface area contributed by atoms with Crippen molar-refractivity contribution in [3.8, 4) is 11.1 Å². The monoisotopic (exact) mass is 552 g/mol. The molecule has 8 heteroatoms. The van der Waals surface area contributed by atoms with Crippen LogP contribution in [-0.2, 0) is 27.7 Å². The smallest absolute Gasteiger partial charge is 0.307 e. The van der Waals surface area contributed by atoms with E-state index in [4.69, 9.17) is 5.11 Å². The molecule has 39 heavy (non-hydrogen) atoms. The lowest BCUT2D eigenvalue weighted by Gasteiger charge is -2.29. The van der Waals surface area contributed by atoms with Gasteiger partial charge in [-0.25, -0.2) is 8.42 Å². The summed E-state index contributed by atoms with van der Waals surface area (Å²) in [6, 6.07) is 22.0. The number of benzene rings is 3. The van der Waals surface area contributed by atoms with Gasteiger partial charge in [0, 0.05) is 25.7 Å². The molecule has 0 fully saturated rings. The summed E-state index contributed by atoms with van der Waals surface area (Å²) in [5.41, 5.74) is 4.61. The summed E-state index contributed by atoms with van der Waals surface area (Å²) < 4.78 is 27.7. The van der Waals surface area contributed by atoms with Crippen LogP contribution in [0.4, 0.5) is 0 Å². The van der Waals surface area contributed by atoms with Crippen LogP contribution in [0.5, 0.6) is 0 Å². The van der Waals surface area contributed by atoms with Crippen molar-refractivity contribution >= 4 is 16.0 Å². The number of likely N-dealkylation sites (N-methyl/N-ethyl adjacent to an activating group) is 1. The number of nitrogens with zero attached hydrogens (tertiary/aromatic N) is 1. The molecule has 0 amide bonds. The number of β-amino-alcohol motifs (C(OH)–C–C–N with tert-alkyl or cyclic N) is 1. The number of hydrogen-bond donors (Lipinski definition) is 3. The zero-order chi connectivity index (χ0) is 28.6. The lowest BCUT2D eigenvalue weighted by molar-refractivity contribution is -0.136. The maximum absolute atomic E-state index is 13.3. The predicted octanol–water partition coefficient (Wildman–Crippen LogP) is 4.66. The molecule has 7 nitrogen and oxygen atoms in total.